The standard InChI is InChI=1S/C19H18N2O.C3H4N2/c1-13-11-14(2)17(15(3)12-13)19(22)21-10-9-20-18(21)16-7-5-4-6-8-16;1-2-5-3-4-1/h4-12H,1-3H3;1-3H,(H,4,5). The summed E-state index contributed by atoms with van der Waals surface area (Å²) in [6.45, 7) is 6.00. The van der Waals surface area contributed by atoms with Crippen LogP contribution in [0.5, 0.6) is 0 Å². The number of imidazole rings is 2. The fourth-order valence-electron chi connectivity index (χ4n) is 3.12. The van der Waals surface area contributed by atoms with E-state index in [2.05, 4.69) is 15.0 Å². The highest BCUT2D eigenvalue weighted by Gasteiger charge is 2.18. The van der Waals surface area contributed by atoms with Gasteiger partial charge in [-0.3, -0.25) is 9.36 Å². The molecule has 0 amide bonds. The second-order valence-corrected chi connectivity index (χ2v) is 6.33. The Morgan fingerprint density at radius 1 is 1.00 bits per heavy atom. The van der Waals surface area contributed by atoms with E-state index in [4.69, 9.17) is 0 Å². The van der Waals surface area contributed by atoms with Crippen molar-refractivity contribution in [3.8, 4) is 11.4 Å². The van der Waals surface area contributed by atoms with Gasteiger partial charge in [0.15, 0.2) is 0 Å². The van der Waals surface area contributed by atoms with Gasteiger partial charge in [0.05, 0.1) is 6.33 Å². The van der Waals surface area contributed by atoms with Crippen molar-refractivity contribution in [2.75, 3.05) is 0 Å². The summed E-state index contributed by atoms with van der Waals surface area (Å²) < 4.78 is 1.62. The van der Waals surface area contributed by atoms with Gasteiger partial charge in [-0.15, -0.1) is 0 Å². The molecule has 0 atom stereocenters. The molecule has 1 N–H and O–H groups in total. The summed E-state index contributed by atoms with van der Waals surface area (Å²) in [4.78, 5) is 23.7. The Kier molecular flexibility index (Phi) is 5.61. The second kappa shape index (κ2) is 8.27. The number of hydrogen-bond acceptors (Lipinski definition) is 3. The zero-order valence-corrected chi connectivity index (χ0v) is 15.7. The molecule has 0 saturated heterocycles. The molecule has 5 nitrogen and oxygen atoms in total. The minimum absolute atomic E-state index is 0.0358. The van der Waals surface area contributed by atoms with Crippen LogP contribution < -0.4 is 0 Å². The minimum atomic E-state index is -0.0358. The predicted octanol–water partition coefficient (Wildman–Crippen LogP) is 4.57. The van der Waals surface area contributed by atoms with Crippen LogP contribution in [0.1, 0.15) is 27.0 Å². The van der Waals surface area contributed by atoms with Crippen molar-refractivity contribution >= 4 is 5.91 Å². The fourth-order valence-corrected chi connectivity index (χ4v) is 3.12. The van der Waals surface area contributed by atoms with Gasteiger partial charge in [0.1, 0.15) is 5.82 Å². The van der Waals surface area contributed by atoms with Crippen molar-refractivity contribution in [3.63, 3.8) is 0 Å². The Bertz CT molecular complexity index is 977. The summed E-state index contributed by atoms with van der Waals surface area (Å²) >= 11 is 0. The Morgan fingerprint density at radius 2 is 1.70 bits per heavy atom. The molecule has 0 fully saturated rings. The number of carbonyl (C=O) groups is 1. The van der Waals surface area contributed by atoms with Gasteiger partial charge in [-0.1, -0.05) is 48.0 Å². The van der Waals surface area contributed by atoms with Crippen molar-refractivity contribution in [2.45, 2.75) is 20.8 Å². The summed E-state index contributed by atoms with van der Waals surface area (Å²) in [6.07, 6.45) is 8.47. The van der Waals surface area contributed by atoms with Gasteiger partial charge in [0.2, 0.25) is 0 Å². The summed E-state index contributed by atoms with van der Waals surface area (Å²) in [5, 5.41) is 0. The third-order valence-corrected chi connectivity index (χ3v) is 4.19. The van der Waals surface area contributed by atoms with Crippen LogP contribution in [0, 0.1) is 20.8 Å². The van der Waals surface area contributed by atoms with Gasteiger partial charge in [0.25, 0.3) is 5.91 Å². The zero-order chi connectivity index (χ0) is 19.2. The minimum Gasteiger partial charge on any atom is -0.351 e. The van der Waals surface area contributed by atoms with E-state index < -0.39 is 0 Å². The number of hydrogen-bond donors (Lipinski definition) is 1. The molecule has 0 bridgehead atoms. The van der Waals surface area contributed by atoms with Gasteiger partial charge in [0, 0.05) is 35.9 Å². The quantitative estimate of drug-likeness (QED) is 0.571. The number of aryl methyl sites for hydroxylation is 3. The number of aromatic amines is 1. The first-order valence-electron chi connectivity index (χ1n) is 8.72. The molecular weight excluding hydrogens is 336 g/mol. The predicted molar refractivity (Wildman–Crippen MR) is 107 cm³/mol. The molecule has 0 aliphatic rings. The topological polar surface area (TPSA) is 63.6 Å². The Hall–Kier alpha value is -3.47. The first-order valence-corrected chi connectivity index (χ1v) is 8.72. The molecule has 4 rings (SSSR count). The Labute approximate surface area is 158 Å². The molecule has 0 aliphatic carbocycles. The van der Waals surface area contributed by atoms with Gasteiger partial charge in [-0.25, -0.2) is 9.97 Å². The molecule has 0 radical (unpaired) electrons. The molecule has 0 spiro atoms. The first-order chi connectivity index (χ1) is 13.1. The van der Waals surface area contributed by atoms with Crippen LogP contribution in [0.25, 0.3) is 11.4 Å². The van der Waals surface area contributed by atoms with Crippen molar-refractivity contribution in [1.29, 1.82) is 0 Å². The smallest absolute Gasteiger partial charge is 0.264 e. The van der Waals surface area contributed by atoms with Crippen LogP contribution in [0.2, 0.25) is 0 Å². The maximum absolute atomic E-state index is 13.0. The summed E-state index contributed by atoms with van der Waals surface area (Å²) in [5.74, 6) is 0.635. The summed E-state index contributed by atoms with van der Waals surface area (Å²) in [6, 6.07) is 13.8. The van der Waals surface area contributed by atoms with Crippen LogP contribution >= 0.6 is 0 Å². The fraction of sp³-hybridized carbons (Fsp3) is 0.136. The van der Waals surface area contributed by atoms with Crippen molar-refractivity contribution in [1.82, 2.24) is 19.5 Å². The van der Waals surface area contributed by atoms with E-state index >= 15 is 0 Å². The van der Waals surface area contributed by atoms with Crippen molar-refractivity contribution < 1.29 is 4.79 Å². The monoisotopic (exact) mass is 358 g/mol. The van der Waals surface area contributed by atoms with E-state index in [9.17, 15) is 4.79 Å². The third kappa shape index (κ3) is 4.20. The molecule has 5 heteroatoms. The number of benzene rings is 2. The number of H-pyrrole nitrogens is 1. The molecule has 0 saturated carbocycles. The van der Waals surface area contributed by atoms with Crippen LogP contribution in [-0.2, 0) is 0 Å². The van der Waals surface area contributed by atoms with E-state index in [1.807, 2.05) is 63.2 Å². The van der Waals surface area contributed by atoms with E-state index in [-0.39, 0.29) is 5.91 Å². The average Bonchev–Trinajstić information content (AvgIpc) is 3.36. The van der Waals surface area contributed by atoms with Gasteiger partial charge < -0.3 is 4.98 Å². The normalized spacial score (nSPS) is 10.2. The zero-order valence-electron chi connectivity index (χ0n) is 15.7. The second-order valence-electron chi connectivity index (χ2n) is 6.33. The molecule has 2 heterocycles. The van der Waals surface area contributed by atoms with Crippen molar-refractivity contribution in [3.05, 3.63) is 95.8 Å². The average molecular weight is 358 g/mol. The summed E-state index contributed by atoms with van der Waals surface area (Å²) in [5.41, 5.74) is 4.84. The van der Waals surface area contributed by atoms with E-state index in [0.29, 0.717) is 5.82 Å². The molecule has 0 aliphatic heterocycles. The number of nitrogens with one attached hydrogen (secondary N) is 1. The van der Waals surface area contributed by atoms with Crippen LogP contribution in [0.4, 0.5) is 0 Å². The lowest BCUT2D eigenvalue weighted by Gasteiger charge is -2.12. The van der Waals surface area contributed by atoms with Gasteiger partial charge in [-0.05, 0) is 31.9 Å². The molecular formula is C22H22N4O. The number of rotatable bonds is 2. The van der Waals surface area contributed by atoms with E-state index in [0.717, 1.165) is 22.3 Å². The highest BCUT2D eigenvalue weighted by molar-refractivity contribution is 6.00. The molecule has 136 valence electrons. The highest BCUT2D eigenvalue weighted by atomic mass is 16.2. The molecule has 2 aromatic heterocycles. The van der Waals surface area contributed by atoms with Crippen molar-refractivity contribution in [2.24, 2.45) is 0 Å². The molecule has 4 aromatic rings. The van der Waals surface area contributed by atoms with Crippen LogP contribution in [-0.4, -0.2) is 25.4 Å². The maximum Gasteiger partial charge on any atom is 0.264 e. The lowest BCUT2D eigenvalue weighted by molar-refractivity contribution is 0.0960. The van der Waals surface area contributed by atoms with Crippen LogP contribution in [0.3, 0.4) is 0 Å². The lowest BCUT2D eigenvalue weighted by atomic mass is 9.99. The number of aromatic nitrogens is 4. The van der Waals surface area contributed by atoms with E-state index in [1.54, 1.807) is 35.7 Å². The van der Waals surface area contributed by atoms with Crippen LogP contribution in [0.15, 0.2) is 73.6 Å². The highest BCUT2D eigenvalue weighted by Crippen LogP contribution is 2.22. The lowest BCUT2D eigenvalue weighted by Crippen LogP contribution is -2.15. The molecule has 0 unspecified atom stereocenters. The third-order valence-electron chi connectivity index (χ3n) is 4.19. The van der Waals surface area contributed by atoms with Gasteiger partial charge in [-0.2, -0.15) is 0 Å². The molecule has 27 heavy (non-hydrogen) atoms. The molecule has 2 aromatic carbocycles. The van der Waals surface area contributed by atoms with E-state index in [1.165, 1.54) is 5.56 Å². The largest absolute Gasteiger partial charge is 0.351 e. The summed E-state index contributed by atoms with van der Waals surface area (Å²) in [7, 11) is 0. The number of nitrogens with zero attached hydrogens (tertiary/aromatic N) is 3. The Morgan fingerprint density at radius 3 is 2.26 bits per heavy atom. The SMILES string of the molecule is Cc1cc(C)c(C(=O)n2ccnc2-c2ccccc2)c(C)c1.c1c[nH]cn1. The van der Waals surface area contributed by atoms with Gasteiger partial charge >= 0.3 is 0 Å². The first kappa shape index (κ1) is 18.3. The Balaban J connectivity index is 0.000000364. The number of carbonyl (C=O) groups excluding carboxylic acids is 1. The maximum atomic E-state index is 13.0.